The average molecular weight is 457 g/mol. The summed E-state index contributed by atoms with van der Waals surface area (Å²) in [6, 6.07) is 14.0. The summed E-state index contributed by atoms with van der Waals surface area (Å²) in [6.07, 6.45) is -4.40. The molecule has 3 aromatic rings. The lowest BCUT2D eigenvalue weighted by Crippen LogP contribution is -2.49. The molecule has 4 rings (SSSR count). The molecule has 0 saturated carbocycles. The van der Waals surface area contributed by atoms with E-state index in [1.165, 1.54) is 6.07 Å². The summed E-state index contributed by atoms with van der Waals surface area (Å²) in [7, 11) is 0. The number of H-pyrrole nitrogens is 1. The van der Waals surface area contributed by atoms with Gasteiger partial charge in [0.05, 0.1) is 17.0 Å². The SMILES string of the molecule is CC(C)CN1CCN(C(=O)c2ccc(-c3cc(-c4cccc(C(F)(F)F)c4)n[nH]3)cc2)CC1. The molecule has 1 saturated heterocycles. The molecule has 0 spiro atoms. The van der Waals surface area contributed by atoms with Gasteiger partial charge in [0, 0.05) is 43.9 Å². The van der Waals surface area contributed by atoms with Crippen LogP contribution < -0.4 is 0 Å². The van der Waals surface area contributed by atoms with E-state index in [4.69, 9.17) is 0 Å². The molecule has 5 nitrogen and oxygen atoms in total. The van der Waals surface area contributed by atoms with Gasteiger partial charge >= 0.3 is 6.18 Å². The van der Waals surface area contributed by atoms with Crippen LogP contribution >= 0.6 is 0 Å². The second-order valence-electron chi connectivity index (χ2n) is 8.81. The summed E-state index contributed by atoms with van der Waals surface area (Å²) >= 11 is 0. The minimum absolute atomic E-state index is 0.0139. The second kappa shape index (κ2) is 9.39. The van der Waals surface area contributed by atoms with Crippen LogP contribution in [-0.2, 0) is 6.18 Å². The third-order valence-electron chi connectivity index (χ3n) is 5.79. The molecular weight excluding hydrogens is 429 g/mol. The lowest BCUT2D eigenvalue weighted by atomic mass is 10.1. The molecule has 2 aromatic carbocycles. The van der Waals surface area contributed by atoms with Gasteiger partial charge in [0.15, 0.2) is 0 Å². The number of halogens is 3. The maximum atomic E-state index is 13.0. The minimum Gasteiger partial charge on any atom is -0.336 e. The summed E-state index contributed by atoms with van der Waals surface area (Å²) in [4.78, 5) is 17.1. The Balaban J connectivity index is 1.43. The van der Waals surface area contributed by atoms with E-state index in [-0.39, 0.29) is 5.91 Å². The van der Waals surface area contributed by atoms with Gasteiger partial charge in [-0.1, -0.05) is 38.1 Å². The van der Waals surface area contributed by atoms with Gasteiger partial charge in [-0.15, -0.1) is 0 Å². The number of rotatable bonds is 5. The van der Waals surface area contributed by atoms with E-state index < -0.39 is 11.7 Å². The normalized spacial score (nSPS) is 15.3. The summed E-state index contributed by atoms with van der Waals surface area (Å²) < 4.78 is 39.0. The van der Waals surface area contributed by atoms with Gasteiger partial charge < -0.3 is 4.90 Å². The van der Waals surface area contributed by atoms with Gasteiger partial charge in [0.2, 0.25) is 0 Å². The van der Waals surface area contributed by atoms with Crippen LogP contribution in [0, 0.1) is 5.92 Å². The Hall–Kier alpha value is -3.13. The number of aromatic nitrogens is 2. The van der Waals surface area contributed by atoms with Crippen LogP contribution in [0.5, 0.6) is 0 Å². The van der Waals surface area contributed by atoms with Crippen molar-refractivity contribution in [2.75, 3.05) is 32.7 Å². The Morgan fingerprint density at radius 3 is 2.33 bits per heavy atom. The lowest BCUT2D eigenvalue weighted by Gasteiger charge is -2.35. The number of alkyl halides is 3. The van der Waals surface area contributed by atoms with E-state index in [9.17, 15) is 18.0 Å². The predicted molar refractivity (Wildman–Crippen MR) is 122 cm³/mol. The molecule has 0 bridgehead atoms. The zero-order valence-corrected chi connectivity index (χ0v) is 18.7. The fourth-order valence-corrected chi connectivity index (χ4v) is 4.10. The van der Waals surface area contributed by atoms with Crippen molar-refractivity contribution in [3.8, 4) is 22.5 Å². The first kappa shape index (κ1) is 23.0. The topological polar surface area (TPSA) is 52.2 Å². The monoisotopic (exact) mass is 456 g/mol. The smallest absolute Gasteiger partial charge is 0.336 e. The van der Waals surface area contributed by atoms with Gasteiger partial charge in [-0.2, -0.15) is 18.3 Å². The van der Waals surface area contributed by atoms with Crippen LogP contribution in [0.1, 0.15) is 29.8 Å². The first-order chi connectivity index (χ1) is 15.7. The van der Waals surface area contributed by atoms with Crippen molar-refractivity contribution in [1.82, 2.24) is 20.0 Å². The summed E-state index contributed by atoms with van der Waals surface area (Å²) in [5, 5.41) is 7.05. The number of aromatic amines is 1. The van der Waals surface area contributed by atoms with Crippen molar-refractivity contribution in [1.29, 1.82) is 0 Å². The van der Waals surface area contributed by atoms with E-state index >= 15 is 0 Å². The molecule has 0 atom stereocenters. The van der Waals surface area contributed by atoms with Crippen LogP contribution in [0.4, 0.5) is 13.2 Å². The highest BCUT2D eigenvalue weighted by molar-refractivity contribution is 5.94. The van der Waals surface area contributed by atoms with Crippen LogP contribution in [0.15, 0.2) is 54.6 Å². The number of benzene rings is 2. The van der Waals surface area contributed by atoms with Gasteiger partial charge in [-0.25, -0.2) is 0 Å². The van der Waals surface area contributed by atoms with Crippen molar-refractivity contribution >= 4 is 5.91 Å². The molecule has 8 heteroatoms. The number of hydrogen-bond acceptors (Lipinski definition) is 3. The lowest BCUT2D eigenvalue weighted by molar-refractivity contribution is -0.137. The first-order valence-electron chi connectivity index (χ1n) is 11.1. The number of amides is 1. The van der Waals surface area contributed by atoms with Crippen molar-refractivity contribution < 1.29 is 18.0 Å². The third-order valence-corrected chi connectivity index (χ3v) is 5.79. The Morgan fingerprint density at radius 2 is 1.70 bits per heavy atom. The van der Waals surface area contributed by atoms with E-state index in [1.807, 2.05) is 17.0 Å². The molecule has 0 unspecified atom stereocenters. The number of nitrogens with one attached hydrogen (secondary N) is 1. The standard InChI is InChI=1S/C25H27F3N4O/c1-17(2)16-31-10-12-32(13-11-31)24(33)19-8-6-18(7-9-19)22-15-23(30-29-22)20-4-3-5-21(14-20)25(26,27)28/h3-9,14-15,17H,10-13,16H2,1-2H3,(H,29,30). The van der Waals surface area contributed by atoms with Gasteiger partial charge in [0.25, 0.3) is 5.91 Å². The van der Waals surface area contributed by atoms with E-state index in [0.29, 0.717) is 41.5 Å². The van der Waals surface area contributed by atoms with Crippen molar-refractivity contribution in [3.05, 3.63) is 65.7 Å². The van der Waals surface area contributed by atoms with Crippen molar-refractivity contribution in [2.45, 2.75) is 20.0 Å². The number of nitrogens with zero attached hydrogens (tertiary/aromatic N) is 3. The summed E-state index contributed by atoms with van der Waals surface area (Å²) in [6.45, 7) is 8.64. The Kier molecular flexibility index (Phi) is 6.56. The van der Waals surface area contributed by atoms with Crippen molar-refractivity contribution in [3.63, 3.8) is 0 Å². The molecule has 1 fully saturated rings. The molecule has 174 valence electrons. The zero-order chi connectivity index (χ0) is 23.6. The molecule has 1 aliphatic rings. The molecule has 1 aromatic heterocycles. The molecule has 33 heavy (non-hydrogen) atoms. The average Bonchev–Trinajstić information content (AvgIpc) is 3.29. The first-order valence-corrected chi connectivity index (χ1v) is 11.1. The Morgan fingerprint density at radius 1 is 1.00 bits per heavy atom. The fourth-order valence-electron chi connectivity index (χ4n) is 4.10. The fraction of sp³-hybridized carbons (Fsp3) is 0.360. The van der Waals surface area contributed by atoms with E-state index in [0.717, 1.165) is 37.3 Å². The largest absolute Gasteiger partial charge is 0.416 e. The number of carbonyl (C=O) groups excluding carboxylic acids is 1. The molecule has 0 radical (unpaired) electrons. The molecule has 2 heterocycles. The van der Waals surface area contributed by atoms with E-state index in [1.54, 1.807) is 24.3 Å². The number of piperazine rings is 1. The quantitative estimate of drug-likeness (QED) is 0.576. The van der Waals surface area contributed by atoms with Gasteiger partial charge in [-0.3, -0.25) is 14.8 Å². The Labute approximate surface area is 191 Å². The summed E-state index contributed by atoms with van der Waals surface area (Å²) in [5.41, 5.74) is 2.19. The predicted octanol–water partition coefficient (Wildman–Crippen LogP) is 5.18. The minimum atomic E-state index is -4.40. The Bertz CT molecular complexity index is 1100. The molecular formula is C25H27F3N4O. The highest BCUT2D eigenvalue weighted by atomic mass is 19.4. The van der Waals surface area contributed by atoms with Gasteiger partial charge in [0.1, 0.15) is 0 Å². The second-order valence-corrected chi connectivity index (χ2v) is 8.81. The van der Waals surface area contributed by atoms with Gasteiger partial charge in [-0.05, 0) is 41.8 Å². The maximum Gasteiger partial charge on any atom is 0.416 e. The van der Waals surface area contributed by atoms with Crippen LogP contribution in [-0.4, -0.2) is 58.6 Å². The zero-order valence-electron chi connectivity index (χ0n) is 18.7. The third kappa shape index (κ3) is 5.45. The number of hydrogen-bond donors (Lipinski definition) is 1. The van der Waals surface area contributed by atoms with Crippen LogP contribution in [0.2, 0.25) is 0 Å². The molecule has 1 N–H and O–H groups in total. The maximum absolute atomic E-state index is 13.0. The van der Waals surface area contributed by atoms with Crippen LogP contribution in [0.25, 0.3) is 22.5 Å². The van der Waals surface area contributed by atoms with E-state index in [2.05, 4.69) is 28.9 Å². The van der Waals surface area contributed by atoms with Crippen molar-refractivity contribution in [2.24, 2.45) is 5.92 Å². The molecule has 1 aliphatic heterocycles. The highest BCUT2D eigenvalue weighted by Crippen LogP contribution is 2.32. The molecule has 1 amide bonds. The highest BCUT2D eigenvalue weighted by Gasteiger charge is 2.30. The molecule has 0 aliphatic carbocycles. The van der Waals surface area contributed by atoms with Crippen LogP contribution in [0.3, 0.4) is 0 Å². The number of carbonyl (C=O) groups is 1. The summed E-state index contributed by atoms with van der Waals surface area (Å²) in [5.74, 6) is 0.622.